The smallest absolute Gasteiger partial charge is 0.237 e. The first-order valence-electron chi connectivity index (χ1n) is 4.57. The molecule has 0 saturated carbocycles. The van der Waals surface area contributed by atoms with Crippen molar-refractivity contribution in [3.63, 3.8) is 0 Å². The zero-order chi connectivity index (χ0) is 11.2. The van der Waals surface area contributed by atoms with Crippen molar-refractivity contribution in [2.45, 2.75) is 32.4 Å². The number of hydrogen-bond donors (Lipinski definition) is 2. The summed E-state index contributed by atoms with van der Waals surface area (Å²) in [5, 5.41) is 5.72. The van der Waals surface area contributed by atoms with Gasteiger partial charge in [0.2, 0.25) is 5.91 Å². The van der Waals surface area contributed by atoms with E-state index in [2.05, 4.69) is 23.1 Å². The lowest BCUT2D eigenvalue weighted by atomic mass is 10.1. The molecular weight excluding hydrogens is 176 g/mol. The maximum absolute atomic E-state index is 11.4. The number of terminal acetylenes is 1. The lowest BCUT2D eigenvalue weighted by molar-refractivity contribution is -0.122. The third kappa shape index (κ3) is 4.68. The van der Waals surface area contributed by atoms with Crippen LogP contribution in [0.5, 0.6) is 0 Å². The van der Waals surface area contributed by atoms with Crippen molar-refractivity contribution in [2.75, 3.05) is 6.54 Å². The second-order valence-electron chi connectivity index (χ2n) is 3.67. The van der Waals surface area contributed by atoms with E-state index in [9.17, 15) is 4.79 Å². The number of carbonyl (C=O) groups excluding carboxylic acids is 1. The lowest BCUT2D eigenvalue weighted by Crippen LogP contribution is -2.50. The Bertz CT molecular complexity index is 251. The van der Waals surface area contributed by atoms with E-state index >= 15 is 0 Å². The van der Waals surface area contributed by atoms with Gasteiger partial charge in [-0.05, 0) is 20.8 Å². The molecule has 0 fully saturated rings. The molecule has 0 aliphatic rings. The Hall–Kier alpha value is -1.27. The van der Waals surface area contributed by atoms with Crippen LogP contribution in [0.25, 0.3) is 0 Å². The van der Waals surface area contributed by atoms with E-state index in [1.54, 1.807) is 13.0 Å². The van der Waals surface area contributed by atoms with Crippen molar-refractivity contribution >= 4 is 5.91 Å². The number of nitrogens with one attached hydrogen (secondary N) is 2. The molecule has 0 aromatic heterocycles. The van der Waals surface area contributed by atoms with Gasteiger partial charge in [-0.1, -0.05) is 12.0 Å². The topological polar surface area (TPSA) is 41.1 Å². The minimum atomic E-state index is -0.467. The van der Waals surface area contributed by atoms with Crippen LogP contribution in [-0.4, -0.2) is 24.0 Å². The highest BCUT2D eigenvalue weighted by molar-refractivity contribution is 5.81. The van der Waals surface area contributed by atoms with Crippen LogP contribution < -0.4 is 10.6 Å². The summed E-state index contributed by atoms with van der Waals surface area (Å²) < 4.78 is 0. The molecule has 0 aliphatic heterocycles. The predicted molar refractivity (Wildman–Crippen MR) is 58.7 cm³/mol. The highest BCUT2D eigenvalue weighted by atomic mass is 16.2. The van der Waals surface area contributed by atoms with Gasteiger partial charge in [-0.25, -0.2) is 0 Å². The van der Waals surface area contributed by atoms with Crippen molar-refractivity contribution in [1.82, 2.24) is 10.6 Å². The van der Waals surface area contributed by atoms with Crippen LogP contribution in [0.15, 0.2) is 12.7 Å². The third-order valence-electron chi connectivity index (χ3n) is 1.75. The standard InChI is InChI=1S/C11H18N2O/c1-6-8-12-10(14)9(3)13-11(4,5)7-2/h2,6,9,13H,1,8H2,3-5H3,(H,12,14). The van der Waals surface area contributed by atoms with Crippen LogP contribution in [-0.2, 0) is 4.79 Å². The van der Waals surface area contributed by atoms with E-state index in [0.29, 0.717) is 6.54 Å². The van der Waals surface area contributed by atoms with Crippen molar-refractivity contribution in [3.05, 3.63) is 12.7 Å². The number of amides is 1. The third-order valence-corrected chi connectivity index (χ3v) is 1.75. The first-order chi connectivity index (χ1) is 6.43. The zero-order valence-corrected chi connectivity index (χ0v) is 9.05. The van der Waals surface area contributed by atoms with Crippen molar-refractivity contribution in [3.8, 4) is 12.3 Å². The molecular formula is C11H18N2O. The van der Waals surface area contributed by atoms with Gasteiger partial charge >= 0.3 is 0 Å². The maximum Gasteiger partial charge on any atom is 0.237 e. The SMILES string of the molecule is C#CC(C)(C)NC(C)C(=O)NCC=C. The minimum Gasteiger partial charge on any atom is -0.351 e. The van der Waals surface area contributed by atoms with Gasteiger partial charge in [0.1, 0.15) is 0 Å². The van der Waals surface area contributed by atoms with E-state index in [1.165, 1.54) is 0 Å². The molecule has 0 spiro atoms. The Morgan fingerprint density at radius 3 is 2.71 bits per heavy atom. The van der Waals surface area contributed by atoms with E-state index in [-0.39, 0.29) is 11.9 Å². The highest BCUT2D eigenvalue weighted by Gasteiger charge is 2.20. The Balaban J connectivity index is 4.08. The summed E-state index contributed by atoms with van der Waals surface area (Å²) >= 11 is 0. The molecule has 0 aromatic carbocycles. The summed E-state index contributed by atoms with van der Waals surface area (Å²) in [4.78, 5) is 11.4. The first-order valence-corrected chi connectivity index (χ1v) is 4.57. The van der Waals surface area contributed by atoms with Gasteiger partial charge in [-0.3, -0.25) is 10.1 Å². The van der Waals surface area contributed by atoms with Crippen molar-refractivity contribution in [1.29, 1.82) is 0 Å². The molecule has 0 radical (unpaired) electrons. The van der Waals surface area contributed by atoms with Gasteiger partial charge in [0.25, 0.3) is 0 Å². The Labute approximate surface area is 86.0 Å². The molecule has 0 heterocycles. The average molecular weight is 194 g/mol. The fraction of sp³-hybridized carbons (Fsp3) is 0.545. The van der Waals surface area contributed by atoms with Crippen LogP contribution in [0.2, 0.25) is 0 Å². The number of hydrogen-bond acceptors (Lipinski definition) is 2. The van der Waals surface area contributed by atoms with Gasteiger partial charge in [-0.2, -0.15) is 0 Å². The van der Waals surface area contributed by atoms with Crippen LogP contribution >= 0.6 is 0 Å². The van der Waals surface area contributed by atoms with Crippen LogP contribution in [0.4, 0.5) is 0 Å². The summed E-state index contributed by atoms with van der Waals surface area (Å²) in [5.74, 6) is 2.50. The van der Waals surface area contributed by atoms with E-state index < -0.39 is 5.54 Å². The second kappa shape index (κ2) is 5.46. The molecule has 3 heteroatoms. The molecule has 1 amide bonds. The summed E-state index contributed by atoms with van der Waals surface area (Å²) in [6.07, 6.45) is 6.93. The molecule has 0 saturated heterocycles. The summed E-state index contributed by atoms with van der Waals surface area (Å²) in [5.41, 5.74) is -0.467. The van der Waals surface area contributed by atoms with Gasteiger partial charge in [0, 0.05) is 6.54 Å². The monoisotopic (exact) mass is 194 g/mol. The molecule has 3 nitrogen and oxygen atoms in total. The summed E-state index contributed by atoms with van der Waals surface area (Å²) in [6, 6.07) is -0.305. The van der Waals surface area contributed by atoms with Crippen LogP contribution in [0.1, 0.15) is 20.8 Å². The van der Waals surface area contributed by atoms with Gasteiger partial charge < -0.3 is 5.32 Å². The van der Waals surface area contributed by atoms with Gasteiger partial charge in [0.15, 0.2) is 0 Å². The van der Waals surface area contributed by atoms with Crippen LogP contribution in [0.3, 0.4) is 0 Å². The molecule has 1 atom stereocenters. The first kappa shape index (κ1) is 12.7. The minimum absolute atomic E-state index is 0.0757. The molecule has 0 bridgehead atoms. The quantitative estimate of drug-likeness (QED) is 0.499. The van der Waals surface area contributed by atoms with Crippen molar-refractivity contribution < 1.29 is 4.79 Å². The van der Waals surface area contributed by atoms with E-state index in [4.69, 9.17) is 6.42 Å². The molecule has 14 heavy (non-hydrogen) atoms. The normalized spacial score (nSPS) is 12.7. The van der Waals surface area contributed by atoms with Gasteiger partial charge in [-0.15, -0.1) is 13.0 Å². The van der Waals surface area contributed by atoms with E-state index in [0.717, 1.165) is 0 Å². The lowest BCUT2D eigenvalue weighted by Gasteiger charge is -2.24. The summed E-state index contributed by atoms with van der Waals surface area (Å²) in [7, 11) is 0. The second-order valence-corrected chi connectivity index (χ2v) is 3.67. The fourth-order valence-electron chi connectivity index (χ4n) is 0.974. The zero-order valence-electron chi connectivity index (χ0n) is 9.05. The fourth-order valence-corrected chi connectivity index (χ4v) is 0.974. The van der Waals surface area contributed by atoms with Crippen molar-refractivity contribution in [2.24, 2.45) is 0 Å². The molecule has 0 rings (SSSR count). The summed E-state index contributed by atoms with van der Waals surface area (Å²) in [6.45, 7) is 9.47. The molecule has 1 unspecified atom stereocenters. The number of carbonyl (C=O) groups is 1. The Morgan fingerprint density at radius 2 is 2.29 bits per heavy atom. The predicted octanol–water partition coefficient (Wildman–Crippen LogP) is 0.679. The van der Waals surface area contributed by atoms with Crippen LogP contribution in [0, 0.1) is 12.3 Å². The highest BCUT2D eigenvalue weighted by Crippen LogP contribution is 2.00. The largest absolute Gasteiger partial charge is 0.351 e. The molecule has 0 aromatic rings. The van der Waals surface area contributed by atoms with E-state index in [1.807, 2.05) is 13.8 Å². The van der Waals surface area contributed by atoms with Gasteiger partial charge in [0.05, 0.1) is 11.6 Å². The Morgan fingerprint density at radius 1 is 1.71 bits per heavy atom. The Kier molecular flexibility index (Phi) is 4.96. The molecule has 0 aliphatic carbocycles. The maximum atomic E-state index is 11.4. The number of rotatable bonds is 5. The average Bonchev–Trinajstić information content (AvgIpc) is 2.13. The molecule has 2 N–H and O–H groups in total. The molecule has 78 valence electrons.